The van der Waals surface area contributed by atoms with Crippen LogP contribution < -0.4 is 20.5 Å². The van der Waals surface area contributed by atoms with Crippen LogP contribution in [0.2, 0.25) is 0 Å². The number of rotatable bonds is 10. The molecular weight excluding hydrogens is 444 g/mol. The Morgan fingerprint density at radius 1 is 1.24 bits per heavy atom. The predicted molar refractivity (Wildman–Crippen MR) is 121 cm³/mol. The van der Waals surface area contributed by atoms with Gasteiger partial charge in [0.25, 0.3) is 5.91 Å². The first-order valence-corrected chi connectivity index (χ1v) is 11.2. The first-order chi connectivity index (χ1) is 16.4. The molecule has 0 saturated heterocycles. The van der Waals surface area contributed by atoms with Crippen LogP contribution >= 0.6 is 0 Å². The molecule has 3 aromatic rings. The fraction of sp³-hybridized carbons (Fsp3) is 0.360. The molecule has 1 amide bonds. The van der Waals surface area contributed by atoms with Crippen molar-refractivity contribution >= 4 is 5.91 Å². The van der Waals surface area contributed by atoms with Crippen LogP contribution in [0.25, 0.3) is 11.5 Å². The van der Waals surface area contributed by atoms with Crippen LogP contribution in [0.3, 0.4) is 0 Å². The Morgan fingerprint density at radius 3 is 2.71 bits per heavy atom. The van der Waals surface area contributed by atoms with Crippen molar-refractivity contribution in [3.05, 3.63) is 65.1 Å². The number of aromatic nitrogens is 1. The number of hydrogen-bond acceptors (Lipinski definition) is 6. The van der Waals surface area contributed by atoms with Crippen molar-refractivity contribution < 1.29 is 27.5 Å². The molecular formula is C25H27F2N3O4. The smallest absolute Gasteiger partial charge is 0.273 e. The Morgan fingerprint density at radius 2 is 2.03 bits per heavy atom. The minimum atomic E-state index is -0.747. The third-order valence-electron chi connectivity index (χ3n) is 5.68. The summed E-state index contributed by atoms with van der Waals surface area (Å²) in [5.41, 5.74) is 6.94. The third-order valence-corrected chi connectivity index (χ3v) is 5.68. The van der Waals surface area contributed by atoms with E-state index in [1.807, 2.05) is 6.92 Å². The lowest BCUT2D eigenvalue weighted by Gasteiger charge is -2.11. The zero-order valence-electron chi connectivity index (χ0n) is 19.1. The minimum Gasteiger partial charge on any atom is -0.493 e. The molecule has 1 atom stereocenters. The number of halogens is 2. The first-order valence-electron chi connectivity index (χ1n) is 11.2. The van der Waals surface area contributed by atoms with Gasteiger partial charge >= 0.3 is 0 Å². The van der Waals surface area contributed by atoms with Gasteiger partial charge in [-0.3, -0.25) is 4.79 Å². The molecule has 1 fully saturated rings. The summed E-state index contributed by atoms with van der Waals surface area (Å²) >= 11 is 0. The maximum absolute atomic E-state index is 13.9. The van der Waals surface area contributed by atoms with Gasteiger partial charge in [0.1, 0.15) is 11.6 Å². The Balaban J connectivity index is 1.59. The second-order valence-electron chi connectivity index (χ2n) is 8.29. The van der Waals surface area contributed by atoms with Crippen LogP contribution in [0.15, 0.2) is 40.8 Å². The van der Waals surface area contributed by atoms with Crippen molar-refractivity contribution in [2.24, 2.45) is 11.7 Å². The maximum Gasteiger partial charge on any atom is 0.273 e. The van der Waals surface area contributed by atoms with Gasteiger partial charge in [0.05, 0.1) is 19.8 Å². The lowest BCUT2D eigenvalue weighted by molar-refractivity contribution is 0.0943. The van der Waals surface area contributed by atoms with E-state index in [1.165, 1.54) is 6.07 Å². The van der Waals surface area contributed by atoms with Gasteiger partial charge in [-0.2, -0.15) is 0 Å². The van der Waals surface area contributed by atoms with Gasteiger partial charge in [0.15, 0.2) is 23.0 Å². The molecule has 0 aliphatic heterocycles. The first kappa shape index (κ1) is 23.7. The zero-order valence-corrected chi connectivity index (χ0v) is 19.1. The molecule has 1 heterocycles. The van der Waals surface area contributed by atoms with Gasteiger partial charge in [-0.05, 0) is 49.4 Å². The van der Waals surface area contributed by atoms with Crippen molar-refractivity contribution in [3.8, 4) is 23.0 Å². The minimum absolute atomic E-state index is 0.0168. The van der Waals surface area contributed by atoms with Crippen molar-refractivity contribution in [3.63, 3.8) is 0 Å². The van der Waals surface area contributed by atoms with E-state index in [0.717, 1.165) is 25.0 Å². The Labute approximate surface area is 196 Å². The molecule has 1 aliphatic rings. The van der Waals surface area contributed by atoms with Crippen molar-refractivity contribution in [1.29, 1.82) is 0 Å². The molecule has 1 aliphatic carbocycles. The van der Waals surface area contributed by atoms with Gasteiger partial charge in [0.2, 0.25) is 5.89 Å². The molecule has 7 nitrogen and oxygen atoms in total. The molecule has 3 N–H and O–H groups in total. The maximum atomic E-state index is 13.9. The van der Waals surface area contributed by atoms with Crippen LogP contribution in [-0.4, -0.2) is 24.6 Å². The van der Waals surface area contributed by atoms with Crippen molar-refractivity contribution in [2.75, 3.05) is 13.7 Å². The quantitative estimate of drug-likeness (QED) is 0.442. The molecule has 9 heteroatoms. The molecule has 0 radical (unpaired) electrons. The van der Waals surface area contributed by atoms with E-state index in [1.54, 1.807) is 25.3 Å². The van der Waals surface area contributed by atoms with Crippen LogP contribution in [0.5, 0.6) is 11.5 Å². The predicted octanol–water partition coefficient (Wildman–Crippen LogP) is 4.76. The summed E-state index contributed by atoms with van der Waals surface area (Å²) < 4.78 is 44.3. The van der Waals surface area contributed by atoms with Crippen LogP contribution in [-0.2, 0) is 6.54 Å². The molecule has 180 valence electrons. The molecule has 4 rings (SSSR count). The normalized spacial score (nSPS) is 14.0. The number of nitrogens with one attached hydrogen (secondary N) is 1. The summed E-state index contributed by atoms with van der Waals surface area (Å²) in [5.74, 6) is 0.127. The molecule has 1 aromatic heterocycles. The highest BCUT2D eigenvalue weighted by atomic mass is 19.1. The fourth-order valence-corrected chi connectivity index (χ4v) is 3.39. The van der Waals surface area contributed by atoms with Gasteiger partial charge in [-0.1, -0.05) is 13.0 Å². The van der Waals surface area contributed by atoms with Crippen LogP contribution in [0.4, 0.5) is 8.78 Å². The van der Waals surface area contributed by atoms with Crippen LogP contribution in [0, 0.1) is 17.6 Å². The van der Waals surface area contributed by atoms with E-state index in [-0.39, 0.29) is 29.5 Å². The SMILES string of the molecule is CCC(N)c1oc(-c2ccc(OC)c(OCC3CC3)c2)nc1C(=O)NCc1ccc(F)cc1F. The van der Waals surface area contributed by atoms with Gasteiger partial charge < -0.3 is 24.9 Å². The molecule has 0 bridgehead atoms. The van der Waals surface area contributed by atoms with E-state index < -0.39 is 23.6 Å². The Hall–Kier alpha value is -3.46. The summed E-state index contributed by atoms with van der Waals surface area (Å²) in [7, 11) is 1.56. The molecule has 0 spiro atoms. The largest absolute Gasteiger partial charge is 0.493 e. The van der Waals surface area contributed by atoms with Crippen molar-refractivity contribution in [1.82, 2.24) is 10.3 Å². The monoisotopic (exact) mass is 471 g/mol. The number of benzene rings is 2. The van der Waals surface area contributed by atoms with Gasteiger partial charge in [-0.15, -0.1) is 0 Å². The lowest BCUT2D eigenvalue weighted by Crippen LogP contribution is -2.26. The highest BCUT2D eigenvalue weighted by Gasteiger charge is 2.26. The van der Waals surface area contributed by atoms with Crippen LogP contribution in [0.1, 0.15) is 54.0 Å². The average Bonchev–Trinajstić information content (AvgIpc) is 3.56. The number of carbonyl (C=O) groups excluding carboxylic acids is 1. The number of carbonyl (C=O) groups is 1. The second-order valence-corrected chi connectivity index (χ2v) is 8.29. The highest BCUT2D eigenvalue weighted by molar-refractivity contribution is 5.94. The van der Waals surface area contributed by atoms with E-state index >= 15 is 0 Å². The number of methoxy groups -OCH3 is 1. The van der Waals surface area contributed by atoms with Crippen molar-refractivity contribution in [2.45, 2.75) is 38.8 Å². The van der Waals surface area contributed by atoms with E-state index in [4.69, 9.17) is 19.6 Å². The van der Waals surface area contributed by atoms with E-state index in [9.17, 15) is 13.6 Å². The molecule has 34 heavy (non-hydrogen) atoms. The van der Waals surface area contributed by atoms with Gasteiger partial charge in [-0.25, -0.2) is 13.8 Å². The number of nitrogens with two attached hydrogens (primary N) is 1. The Bertz CT molecular complexity index is 1180. The lowest BCUT2D eigenvalue weighted by atomic mass is 10.1. The number of amides is 1. The summed E-state index contributed by atoms with van der Waals surface area (Å²) in [4.78, 5) is 17.3. The standard InChI is InChI=1S/C25H27F2N3O4/c1-3-19(28)23-22(24(31)29-12-16-6-8-17(26)11-18(16)27)30-25(34-23)15-7-9-20(32-2)21(10-15)33-13-14-4-5-14/h6-11,14,19H,3-5,12-13,28H2,1-2H3,(H,29,31). The second kappa shape index (κ2) is 10.2. The molecule has 1 unspecified atom stereocenters. The van der Waals surface area contributed by atoms with Gasteiger partial charge in [0, 0.05) is 23.7 Å². The fourth-order valence-electron chi connectivity index (χ4n) is 3.39. The average molecular weight is 472 g/mol. The summed E-state index contributed by atoms with van der Waals surface area (Å²) in [5, 5.41) is 2.60. The number of oxazole rings is 1. The summed E-state index contributed by atoms with van der Waals surface area (Å²) in [6.07, 6.45) is 2.82. The topological polar surface area (TPSA) is 99.6 Å². The third kappa shape index (κ3) is 5.36. The van der Waals surface area contributed by atoms with E-state index in [0.29, 0.717) is 36.0 Å². The molecule has 2 aromatic carbocycles. The number of nitrogens with zero attached hydrogens (tertiary/aromatic N) is 1. The number of hydrogen-bond donors (Lipinski definition) is 2. The number of ether oxygens (including phenoxy) is 2. The summed E-state index contributed by atoms with van der Waals surface area (Å²) in [6.45, 7) is 2.32. The Kier molecular flexibility index (Phi) is 7.12. The molecule has 1 saturated carbocycles. The van der Waals surface area contributed by atoms with E-state index in [2.05, 4.69) is 10.3 Å². The highest BCUT2D eigenvalue weighted by Crippen LogP contribution is 2.36. The zero-order chi connectivity index (χ0) is 24.2. The summed E-state index contributed by atoms with van der Waals surface area (Å²) in [6, 6.07) is 7.87.